The van der Waals surface area contributed by atoms with Crippen molar-refractivity contribution in [3.8, 4) is 0 Å². The Bertz CT molecular complexity index is 737. The number of nitrogens with one attached hydrogen (secondary N) is 1. The van der Waals surface area contributed by atoms with Gasteiger partial charge in [0.1, 0.15) is 4.99 Å². The summed E-state index contributed by atoms with van der Waals surface area (Å²) in [7, 11) is 0. The molecule has 0 spiro atoms. The molecule has 0 heterocycles. The number of thiocarbonyl (C=S) groups is 1. The lowest BCUT2D eigenvalue weighted by Crippen LogP contribution is -2.18. The molecular weight excluding hydrogens is 395 g/mol. The van der Waals surface area contributed by atoms with Crippen molar-refractivity contribution in [3.63, 3.8) is 0 Å². The van der Waals surface area contributed by atoms with Crippen molar-refractivity contribution in [2.24, 2.45) is 5.73 Å². The molecule has 0 unspecified atom stereocenters. The van der Waals surface area contributed by atoms with Crippen molar-refractivity contribution in [2.75, 3.05) is 5.32 Å². The zero-order chi connectivity index (χ0) is 15.6. The van der Waals surface area contributed by atoms with Gasteiger partial charge >= 0.3 is 0 Å². The van der Waals surface area contributed by atoms with Gasteiger partial charge in [0.25, 0.3) is 5.91 Å². The van der Waals surface area contributed by atoms with Crippen molar-refractivity contribution in [3.05, 3.63) is 62.0 Å². The van der Waals surface area contributed by atoms with E-state index in [1.165, 1.54) is 0 Å². The fourth-order valence-corrected chi connectivity index (χ4v) is 2.91. The summed E-state index contributed by atoms with van der Waals surface area (Å²) in [4.78, 5) is 12.5. The molecule has 0 aliphatic carbocycles. The van der Waals surface area contributed by atoms with Gasteiger partial charge in [0.05, 0.1) is 11.3 Å². The van der Waals surface area contributed by atoms with Crippen LogP contribution in [-0.4, -0.2) is 10.9 Å². The molecule has 3 nitrogen and oxygen atoms in total. The zero-order valence-electron chi connectivity index (χ0n) is 10.5. The topological polar surface area (TPSA) is 55.1 Å². The summed E-state index contributed by atoms with van der Waals surface area (Å²) in [5.41, 5.74) is 7.09. The van der Waals surface area contributed by atoms with Gasteiger partial charge in [-0.3, -0.25) is 4.79 Å². The monoisotopic (exact) mass is 402 g/mol. The van der Waals surface area contributed by atoms with Gasteiger partial charge in [0, 0.05) is 20.1 Å². The van der Waals surface area contributed by atoms with E-state index < -0.39 is 0 Å². The van der Waals surface area contributed by atoms with Crippen LogP contribution in [0.15, 0.2) is 40.9 Å². The van der Waals surface area contributed by atoms with Crippen molar-refractivity contribution in [2.45, 2.75) is 0 Å². The van der Waals surface area contributed by atoms with Crippen LogP contribution in [0.4, 0.5) is 5.69 Å². The number of benzene rings is 2. The number of carbonyl (C=O) groups excluding carboxylic acids is 1. The molecule has 0 fully saturated rings. The van der Waals surface area contributed by atoms with Gasteiger partial charge in [-0.15, -0.1) is 0 Å². The molecule has 0 aliphatic rings. The van der Waals surface area contributed by atoms with Gasteiger partial charge in [-0.25, -0.2) is 0 Å². The molecule has 108 valence electrons. The Hall–Kier alpha value is -1.14. The average molecular weight is 404 g/mol. The lowest BCUT2D eigenvalue weighted by molar-refractivity contribution is 0.102. The number of hydrogen-bond acceptors (Lipinski definition) is 2. The first-order valence-electron chi connectivity index (χ1n) is 5.74. The molecule has 2 aromatic carbocycles. The molecule has 0 saturated heterocycles. The largest absolute Gasteiger partial charge is 0.389 e. The number of hydrogen-bond donors (Lipinski definition) is 2. The predicted molar refractivity (Wildman–Crippen MR) is 94.4 cm³/mol. The van der Waals surface area contributed by atoms with E-state index in [1.807, 2.05) is 0 Å². The van der Waals surface area contributed by atoms with Gasteiger partial charge in [0.2, 0.25) is 0 Å². The summed E-state index contributed by atoms with van der Waals surface area (Å²) in [6.07, 6.45) is 0. The number of rotatable bonds is 3. The Morgan fingerprint density at radius 2 is 1.67 bits per heavy atom. The van der Waals surface area contributed by atoms with Crippen LogP contribution in [0.1, 0.15) is 15.9 Å². The Labute approximate surface area is 145 Å². The highest BCUT2D eigenvalue weighted by Crippen LogP contribution is 2.25. The van der Waals surface area contributed by atoms with Crippen molar-refractivity contribution in [1.82, 2.24) is 0 Å². The number of halogens is 3. The van der Waals surface area contributed by atoms with Crippen LogP contribution in [0.3, 0.4) is 0 Å². The Kier molecular flexibility index (Phi) is 5.22. The summed E-state index contributed by atoms with van der Waals surface area (Å²) >= 11 is 20.1. The highest BCUT2D eigenvalue weighted by molar-refractivity contribution is 9.10. The molecule has 21 heavy (non-hydrogen) atoms. The zero-order valence-corrected chi connectivity index (χ0v) is 14.4. The van der Waals surface area contributed by atoms with E-state index in [4.69, 9.17) is 41.2 Å². The number of carbonyl (C=O) groups is 1. The number of nitrogens with two attached hydrogens (primary N) is 1. The minimum absolute atomic E-state index is 0.178. The standard InChI is InChI=1S/C14H9BrCl2N2OS/c15-11-5-7(16)1-3-9(11)14(20)19-12-6-8(17)2-4-10(12)13(18)21/h1-6H,(H2,18,21)(H,19,20). The Morgan fingerprint density at radius 3 is 2.24 bits per heavy atom. The van der Waals surface area contributed by atoms with Gasteiger partial charge in [-0.2, -0.15) is 0 Å². The summed E-state index contributed by atoms with van der Waals surface area (Å²) in [5.74, 6) is -0.321. The molecule has 0 radical (unpaired) electrons. The predicted octanol–water partition coefficient (Wildman–Crippen LogP) is 4.64. The summed E-state index contributed by atoms with van der Waals surface area (Å²) in [6.45, 7) is 0. The lowest BCUT2D eigenvalue weighted by atomic mass is 10.1. The van der Waals surface area contributed by atoms with E-state index in [2.05, 4.69) is 21.2 Å². The first kappa shape index (κ1) is 16.2. The average Bonchev–Trinajstić information content (AvgIpc) is 2.37. The van der Waals surface area contributed by atoms with Crippen molar-refractivity contribution < 1.29 is 4.79 Å². The van der Waals surface area contributed by atoms with E-state index in [0.29, 0.717) is 31.3 Å². The normalized spacial score (nSPS) is 10.2. The third-order valence-electron chi connectivity index (χ3n) is 2.67. The maximum absolute atomic E-state index is 12.3. The minimum Gasteiger partial charge on any atom is -0.389 e. The number of amides is 1. The fraction of sp³-hybridized carbons (Fsp3) is 0. The van der Waals surface area contributed by atoms with E-state index in [0.717, 1.165) is 0 Å². The Balaban J connectivity index is 2.35. The molecule has 2 rings (SSSR count). The molecule has 1 amide bonds. The van der Waals surface area contributed by atoms with E-state index >= 15 is 0 Å². The highest BCUT2D eigenvalue weighted by Gasteiger charge is 2.14. The van der Waals surface area contributed by atoms with Gasteiger partial charge < -0.3 is 11.1 Å². The van der Waals surface area contributed by atoms with Crippen LogP contribution in [0.5, 0.6) is 0 Å². The molecule has 0 aliphatic heterocycles. The van der Waals surface area contributed by atoms with E-state index in [-0.39, 0.29) is 10.9 Å². The first-order chi connectivity index (χ1) is 9.88. The van der Waals surface area contributed by atoms with Gasteiger partial charge in [-0.05, 0) is 52.3 Å². The molecule has 0 aromatic heterocycles. The summed E-state index contributed by atoms with van der Waals surface area (Å²) in [5, 5.41) is 3.75. The highest BCUT2D eigenvalue weighted by atomic mass is 79.9. The van der Waals surface area contributed by atoms with Crippen molar-refractivity contribution >= 4 is 67.9 Å². The maximum atomic E-state index is 12.3. The Morgan fingerprint density at radius 1 is 1.10 bits per heavy atom. The van der Waals surface area contributed by atoms with Crippen LogP contribution in [-0.2, 0) is 0 Å². The summed E-state index contributed by atoms with van der Waals surface area (Å²) in [6, 6.07) is 9.81. The van der Waals surface area contributed by atoms with Crippen LogP contribution >= 0.6 is 51.3 Å². The van der Waals surface area contributed by atoms with Gasteiger partial charge in [0.15, 0.2) is 0 Å². The van der Waals surface area contributed by atoms with Crippen molar-refractivity contribution in [1.29, 1.82) is 0 Å². The molecule has 0 atom stereocenters. The van der Waals surface area contributed by atoms with Crippen LogP contribution < -0.4 is 11.1 Å². The van der Waals surface area contributed by atoms with Gasteiger partial charge in [-0.1, -0.05) is 35.4 Å². The molecule has 7 heteroatoms. The molecule has 3 N–H and O–H groups in total. The molecule has 0 bridgehead atoms. The van der Waals surface area contributed by atoms with Crippen LogP contribution in [0.2, 0.25) is 10.0 Å². The third-order valence-corrected chi connectivity index (χ3v) is 4.02. The second-order valence-electron chi connectivity index (χ2n) is 4.13. The SMILES string of the molecule is NC(=S)c1ccc(Cl)cc1NC(=O)c1ccc(Cl)cc1Br. The quantitative estimate of drug-likeness (QED) is 0.733. The first-order valence-corrected chi connectivity index (χ1v) is 7.70. The summed E-state index contributed by atoms with van der Waals surface area (Å²) < 4.78 is 0.589. The van der Waals surface area contributed by atoms with Crippen LogP contribution in [0, 0.1) is 0 Å². The smallest absolute Gasteiger partial charge is 0.256 e. The second-order valence-corrected chi connectivity index (χ2v) is 6.30. The molecular formula is C14H9BrCl2N2OS. The fourth-order valence-electron chi connectivity index (χ4n) is 1.70. The van der Waals surface area contributed by atoms with Crippen LogP contribution in [0.25, 0.3) is 0 Å². The molecule has 0 saturated carbocycles. The maximum Gasteiger partial charge on any atom is 0.256 e. The number of anilines is 1. The lowest BCUT2D eigenvalue weighted by Gasteiger charge is -2.11. The minimum atomic E-state index is -0.321. The second kappa shape index (κ2) is 6.75. The van der Waals surface area contributed by atoms with E-state index in [9.17, 15) is 4.79 Å². The molecule has 2 aromatic rings. The van der Waals surface area contributed by atoms with E-state index in [1.54, 1.807) is 36.4 Å². The third kappa shape index (κ3) is 3.95.